The molecule has 0 bridgehead atoms. The Balaban J connectivity index is 1.10. The van der Waals surface area contributed by atoms with E-state index in [1.165, 1.54) is 44.2 Å². The van der Waals surface area contributed by atoms with Crippen LogP contribution in [0.2, 0.25) is 0 Å². The predicted octanol–water partition coefficient (Wildman–Crippen LogP) is 12.8. The summed E-state index contributed by atoms with van der Waals surface area (Å²) in [6.45, 7) is 12.1. The molecule has 3 heteroatoms. The number of fused-ring (bicyclic) bond motifs is 4. The second-order valence-corrected chi connectivity index (χ2v) is 13.7. The van der Waals surface area contributed by atoms with Gasteiger partial charge in [0.2, 0.25) is 0 Å². The summed E-state index contributed by atoms with van der Waals surface area (Å²) in [6, 6.07) is 57.5. The molecule has 0 spiro atoms. The fourth-order valence-corrected chi connectivity index (χ4v) is 7.60. The third-order valence-corrected chi connectivity index (χ3v) is 10.3. The van der Waals surface area contributed by atoms with Gasteiger partial charge < -0.3 is 0 Å². The predicted molar refractivity (Wildman–Crippen MR) is 211 cm³/mol. The average molecular weight is 652 g/mol. The lowest BCUT2D eigenvalue weighted by molar-refractivity contribution is 0.661. The Morgan fingerprint density at radius 3 is 1.92 bits per heavy atom. The van der Waals surface area contributed by atoms with E-state index in [4.69, 9.17) is 16.5 Å². The van der Waals surface area contributed by atoms with Crippen molar-refractivity contribution in [3.05, 3.63) is 186 Å². The molecule has 0 N–H and O–H groups in total. The standard InChI is InChI=1S/C48H33N3/c1-48(2)42-18-10-17-40(46(42)41-26-25-39(49-3)29-43(41)48)33-22-19-32(20-23-33)36-15-9-16-38(28-36)47-50-44(34-12-5-4-6-13-34)30-45(51-47)37-24-21-31-11-7-8-14-35(31)27-37/h4-30H,1-2H3. The molecule has 9 rings (SSSR count). The lowest BCUT2D eigenvalue weighted by atomic mass is 9.82. The molecule has 0 aliphatic heterocycles. The molecule has 0 saturated carbocycles. The summed E-state index contributed by atoms with van der Waals surface area (Å²) in [4.78, 5) is 13.9. The molecule has 0 atom stereocenters. The summed E-state index contributed by atoms with van der Waals surface area (Å²) < 4.78 is 0. The van der Waals surface area contributed by atoms with Gasteiger partial charge in [-0.15, -0.1) is 0 Å². The Morgan fingerprint density at radius 2 is 1.12 bits per heavy atom. The van der Waals surface area contributed by atoms with Gasteiger partial charge in [-0.25, -0.2) is 14.8 Å². The Hall–Kier alpha value is -6.63. The highest BCUT2D eigenvalue weighted by atomic mass is 14.9. The van der Waals surface area contributed by atoms with Gasteiger partial charge in [0, 0.05) is 22.1 Å². The van der Waals surface area contributed by atoms with Crippen LogP contribution in [0.25, 0.3) is 82.9 Å². The Morgan fingerprint density at radius 1 is 0.451 bits per heavy atom. The largest absolute Gasteiger partial charge is 0.238 e. The van der Waals surface area contributed by atoms with Crippen LogP contribution in [0.5, 0.6) is 0 Å². The van der Waals surface area contributed by atoms with Crippen molar-refractivity contribution in [2.24, 2.45) is 0 Å². The number of rotatable bonds is 5. The highest BCUT2D eigenvalue weighted by Crippen LogP contribution is 2.53. The zero-order chi connectivity index (χ0) is 34.5. The summed E-state index contributed by atoms with van der Waals surface area (Å²) in [5, 5.41) is 2.39. The topological polar surface area (TPSA) is 30.1 Å². The van der Waals surface area contributed by atoms with E-state index in [-0.39, 0.29) is 5.41 Å². The first-order valence-corrected chi connectivity index (χ1v) is 17.3. The van der Waals surface area contributed by atoms with Gasteiger partial charge in [0.25, 0.3) is 0 Å². The molecule has 1 heterocycles. The van der Waals surface area contributed by atoms with E-state index >= 15 is 0 Å². The Labute approximate surface area is 298 Å². The molecular weight excluding hydrogens is 619 g/mol. The van der Waals surface area contributed by atoms with Gasteiger partial charge in [0.15, 0.2) is 11.5 Å². The zero-order valence-electron chi connectivity index (χ0n) is 28.4. The molecule has 1 aliphatic carbocycles. The maximum absolute atomic E-state index is 7.56. The second kappa shape index (κ2) is 12.1. The van der Waals surface area contributed by atoms with Crippen molar-refractivity contribution in [1.29, 1.82) is 0 Å². The van der Waals surface area contributed by atoms with Gasteiger partial charge in [-0.3, -0.25) is 0 Å². The van der Waals surface area contributed by atoms with Crippen molar-refractivity contribution < 1.29 is 0 Å². The Kier molecular flexibility index (Phi) is 7.19. The lowest BCUT2D eigenvalue weighted by Gasteiger charge is -2.22. The minimum absolute atomic E-state index is 0.171. The summed E-state index contributed by atoms with van der Waals surface area (Å²) in [6.07, 6.45) is 0. The minimum Gasteiger partial charge on any atom is -0.238 e. The maximum Gasteiger partial charge on any atom is 0.187 e. The van der Waals surface area contributed by atoms with Crippen LogP contribution in [0.3, 0.4) is 0 Å². The molecule has 0 amide bonds. The number of benzene rings is 7. The van der Waals surface area contributed by atoms with Crippen molar-refractivity contribution in [2.45, 2.75) is 19.3 Å². The van der Waals surface area contributed by atoms with Crippen LogP contribution in [0.4, 0.5) is 5.69 Å². The van der Waals surface area contributed by atoms with E-state index in [1.807, 2.05) is 24.3 Å². The van der Waals surface area contributed by atoms with Gasteiger partial charge in [0.05, 0.1) is 18.0 Å². The van der Waals surface area contributed by atoms with E-state index in [1.54, 1.807) is 0 Å². The summed E-state index contributed by atoms with van der Waals surface area (Å²) in [5.41, 5.74) is 15.0. The van der Waals surface area contributed by atoms with Crippen LogP contribution >= 0.6 is 0 Å². The average Bonchev–Trinajstić information content (AvgIpc) is 3.43. The molecular formula is C48H33N3. The smallest absolute Gasteiger partial charge is 0.187 e. The summed E-state index contributed by atoms with van der Waals surface area (Å²) in [5.74, 6) is 0.695. The first kappa shape index (κ1) is 30.4. The van der Waals surface area contributed by atoms with E-state index in [9.17, 15) is 0 Å². The van der Waals surface area contributed by atoms with Crippen molar-refractivity contribution in [2.75, 3.05) is 0 Å². The molecule has 7 aromatic carbocycles. The van der Waals surface area contributed by atoms with Crippen LogP contribution in [0, 0.1) is 6.57 Å². The van der Waals surface area contributed by atoms with Gasteiger partial charge in [-0.05, 0) is 73.5 Å². The van der Waals surface area contributed by atoms with Crippen LogP contribution in [-0.4, -0.2) is 9.97 Å². The normalized spacial score (nSPS) is 12.6. The minimum atomic E-state index is -0.171. The third kappa shape index (κ3) is 5.30. The maximum atomic E-state index is 7.56. The zero-order valence-corrected chi connectivity index (χ0v) is 28.4. The first-order valence-electron chi connectivity index (χ1n) is 17.3. The SMILES string of the molecule is [C-]#[N+]c1ccc2c(c1)C(C)(C)c1cccc(-c3ccc(-c4cccc(-c5nc(-c6ccccc6)cc(-c6ccc7ccccc7c6)n5)c4)cc3)c1-2. The van der Waals surface area contributed by atoms with E-state index in [2.05, 4.69) is 158 Å². The first-order chi connectivity index (χ1) is 25.0. The van der Waals surface area contributed by atoms with Gasteiger partial charge in [0.1, 0.15) is 0 Å². The Bertz CT molecular complexity index is 2660. The second-order valence-electron chi connectivity index (χ2n) is 13.7. The fraction of sp³-hybridized carbons (Fsp3) is 0.0625. The van der Waals surface area contributed by atoms with E-state index in [0.717, 1.165) is 39.2 Å². The van der Waals surface area contributed by atoms with Crippen molar-refractivity contribution >= 4 is 16.5 Å². The van der Waals surface area contributed by atoms with Crippen LogP contribution < -0.4 is 0 Å². The van der Waals surface area contributed by atoms with Crippen molar-refractivity contribution in [1.82, 2.24) is 9.97 Å². The molecule has 0 radical (unpaired) electrons. The highest BCUT2D eigenvalue weighted by Gasteiger charge is 2.36. The van der Waals surface area contributed by atoms with Crippen molar-refractivity contribution in [3.8, 4) is 67.3 Å². The third-order valence-electron chi connectivity index (χ3n) is 10.3. The molecule has 0 fully saturated rings. The lowest BCUT2D eigenvalue weighted by Crippen LogP contribution is -2.14. The molecule has 51 heavy (non-hydrogen) atoms. The molecule has 240 valence electrons. The fourth-order valence-electron chi connectivity index (χ4n) is 7.60. The number of hydrogen-bond acceptors (Lipinski definition) is 2. The summed E-state index contributed by atoms with van der Waals surface area (Å²) >= 11 is 0. The monoisotopic (exact) mass is 651 g/mol. The summed E-state index contributed by atoms with van der Waals surface area (Å²) in [7, 11) is 0. The number of nitrogens with zero attached hydrogens (tertiary/aromatic N) is 3. The van der Waals surface area contributed by atoms with Crippen LogP contribution in [0.1, 0.15) is 25.0 Å². The van der Waals surface area contributed by atoms with Gasteiger partial charge in [-0.1, -0.05) is 159 Å². The quantitative estimate of drug-likeness (QED) is 0.173. The van der Waals surface area contributed by atoms with Gasteiger partial charge in [-0.2, -0.15) is 0 Å². The molecule has 8 aromatic rings. The molecule has 1 aliphatic rings. The molecule has 1 aromatic heterocycles. The molecule has 0 unspecified atom stereocenters. The van der Waals surface area contributed by atoms with Crippen LogP contribution in [-0.2, 0) is 5.41 Å². The van der Waals surface area contributed by atoms with Crippen LogP contribution in [0.15, 0.2) is 164 Å². The van der Waals surface area contributed by atoms with E-state index < -0.39 is 0 Å². The number of aromatic nitrogens is 2. The van der Waals surface area contributed by atoms with E-state index in [0.29, 0.717) is 11.5 Å². The number of hydrogen-bond donors (Lipinski definition) is 0. The van der Waals surface area contributed by atoms with Crippen molar-refractivity contribution in [3.63, 3.8) is 0 Å². The van der Waals surface area contributed by atoms with Gasteiger partial charge >= 0.3 is 0 Å². The molecule has 0 saturated heterocycles. The highest BCUT2D eigenvalue weighted by molar-refractivity contribution is 5.94. The molecule has 3 nitrogen and oxygen atoms in total.